The van der Waals surface area contributed by atoms with Gasteiger partial charge in [0, 0.05) is 0 Å². The van der Waals surface area contributed by atoms with Crippen LogP contribution in [0.5, 0.6) is 5.75 Å². The Morgan fingerprint density at radius 3 is 2.08 bits per heavy atom. The Morgan fingerprint density at radius 2 is 1.67 bits per heavy atom. The van der Waals surface area contributed by atoms with Crippen LogP contribution in [0.1, 0.15) is 20.8 Å². The number of amides is 1. The Labute approximate surface area is 141 Å². The van der Waals surface area contributed by atoms with Gasteiger partial charge in [-0.05, 0) is 37.1 Å². The lowest BCUT2D eigenvalue weighted by Crippen LogP contribution is -2.52. The number of carbonyl (C=O) groups excluding carboxylic acids is 1. The molecule has 0 aliphatic carbocycles. The maximum absolute atomic E-state index is 12.4. The summed E-state index contributed by atoms with van der Waals surface area (Å²) >= 11 is 0. The van der Waals surface area contributed by atoms with Crippen molar-refractivity contribution in [2.45, 2.75) is 37.8 Å². The standard InChI is InChI=1S/C15H22N2O6S/c1-9(2)13(14(18)16-10(3)15(19)20)17-24(21,22)12-7-5-11(23-4)6-8-12/h5-10,13,17H,1-4H3,(H,16,18)(H,19,20)/t10?,13-/m0/s1. The zero-order valence-corrected chi connectivity index (χ0v) is 14.8. The minimum atomic E-state index is -3.94. The Balaban J connectivity index is 2.97. The zero-order chi connectivity index (χ0) is 18.5. The summed E-state index contributed by atoms with van der Waals surface area (Å²) in [5.74, 6) is -1.78. The van der Waals surface area contributed by atoms with E-state index in [1.54, 1.807) is 13.8 Å². The number of methoxy groups -OCH3 is 1. The van der Waals surface area contributed by atoms with Crippen LogP contribution in [0.25, 0.3) is 0 Å². The molecule has 0 saturated carbocycles. The number of hydrogen-bond acceptors (Lipinski definition) is 5. The average Bonchev–Trinajstić information content (AvgIpc) is 2.52. The normalized spacial score (nSPS) is 14.0. The third kappa shape index (κ3) is 5.20. The van der Waals surface area contributed by atoms with E-state index in [-0.39, 0.29) is 10.8 Å². The number of rotatable bonds is 8. The van der Waals surface area contributed by atoms with Crippen molar-refractivity contribution in [2.24, 2.45) is 5.92 Å². The summed E-state index contributed by atoms with van der Waals surface area (Å²) in [4.78, 5) is 23.0. The van der Waals surface area contributed by atoms with Crippen LogP contribution in [0.3, 0.4) is 0 Å². The number of carboxylic acid groups (broad SMARTS) is 1. The second-order valence-corrected chi connectivity index (χ2v) is 7.30. The first-order valence-electron chi connectivity index (χ1n) is 7.28. The molecule has 9 heteroatoms. The Bertz CT molecular complexity index is 684. The first-order valence-corrected chi connectivity index (χ1v) is 8.76. The molecule has 134 valence electrons. The number of aliphatic carboxylic acids is 1. The van der Waals surface area contributed by atoms with Crippen LogP contribution < -0.4 is 14.8 Å². The highest BCUT2D eigenvalue weighted by Gasteiger charge is 2.30. The second-order valence-electron chi connectivity index (χ2n) is 5.59. The van der Waals surface area contributed by atoms with Gasteiger partial charge < -0.3 is 15.2 Å². The highest BCUT2D eigenvalue weighted by Crippen LogP contribution is 2.16. The molecule has 1 rings (SSSR count). The average molecular weight is 358 g/mol. The minimum absolute atomic E-state index is 0.0203. The van der Waals surface area contributed by atoms with Crippen molar-refractivity contribution >= 4 is 21.9 Å². The molecule has 0 fully saturated rings. The first kappa shape index (κ1) is 19.9. The molecule has 1 aromatic rings. The monoisotopic (exact) mass is 358 g/mol. The summed E-state index contributed by atoms with van der Waals surface area (Å²) in [5.41, 5.74) is 0. The quantitative estimate of drug-likeness (QED) is 0.625. The molecule has 0 heterocycles. The van der Waals surface area contributed by atoms with Crippen LogP contribution in [0, 0.1) is 5.92 Å². The SMILES string of the molecule is COc1ccc(S(=O)(=O)N[C@H](C(=O)NC(C)C(=O)O)C(C)C)cc1. The largest absolute Gasteiger partial charge is 0.497 e. The van der Waals surface area contributed by atoms with Gasteiger partial charge in [-0.1, -0.05) is 13.8 Å². The van der Waals surface area contributed by atoms with E-state index in [1.807, 2.05) is 0 Å². The number of benzene rings is 1. The van der Waals surface area contributed by atoms with Crippen molar-refractivity contribution in [1.82, 2.24) is 10.0 Å². The Morgan fingerprint density at radius 1 is 1.12 bits per heavy atom. The number of carboxylic acids is 1. The smallest absolute Gasteiger partial charge is 0.325 e. The van der Waals surface area contributed by atoms with E-state index in [0.29, 0.717) is 5.75 Å². The van der Waals surface area contributed by atoms with Gasteiger partial charge in [-0.15, -0.1) is 0 Å². The molecule has 0 aliphatic rings. The predicted molar refractivity (Wildman–Crippen MR) is 87.2 cm³/mol. The molecule has 1 aromatic carbocycles. The fraction of sp³-hybridized carbons (Fsp3) is 0.467. The molecule has 24 heavy (non-hydrogen) atoms. The topological polar surface area (TPSA) is 122 Å². The van der Waals surface area contributed by atoms with E-state index in [0.717, 1.165) is 0 Å². The molecular weight excluding hydrogens is 336 g/mol. The molecule has 1 amide bonds. The van der Waals surface area contributed by atoms with Gasteiger partial charge in [-0.3, -0.25) is 9.59 Å². The molecule has 0 radical (unpaired) electrons. The lowest BCUT2D eigenvalue weighted by atomic mass is 10.0. The van der Waals surface area contributed by atoms with Crippen LogP contribution in [-0.4, -0.2) is 44.6 Å². The Kier molecular flexibility index (Phi) is 6.73. The third-order valence-corrected chi connectivity index (χ3v) is 4.79. The van der Waals surface area contributed by atoms with Gasteiger partial charge in [-0.25, -0.2) is 8.42 Å². The number of nitrogens with one attached hydrogen (secondary N) is 2. The molecule has 3 N–H and O–H groups in total. The van der Waals surface area contributed by atoms with Crippen molar-refractivity contribution in [1.29, 1.82) is 0 Å². The summed E-state index contributed by atoms with van der Waals surface area (Å²) in [6, 6.07) is 3.48. The van der Waals surface area contributed by atoms with Crippen molar-refractivity contribution in [3.05, 3.63) is 24.3 Å². The van der Waals surface area contributed by atoms with Gasteiger partial charge in [0.15, 0.2) is 0 Å². The maximum Gasteiger partial charge on any atom is 0.325 e. The van der Waals surface area contributed by atoms with Crippen molar-refractivity contribution < 1.29 is 27.9 Å². The fourth-order valence-corrected chi connectivity index (χ4v) is 3.19. The van der Waals surface area contributed by atoms with E-state index in [4.69, 9.17) is 9.84 Å². The molecular formula is C15H22N2O6S. The Hall–Kier alpha value is -2.13. The number of hydrogen-bond donors (Lipinski definition) is 3. The lowest BCUT2D eigenvalue weighted by Gasteiger charge is -2.22. The van der Waals surface area contributed by atoms with Crippen molar-refractivity contribution in [3.63, 3.8) is 0 Å². The van der Waals surface area contributed by atoms with Crippen LogP contribution in [-0.2, 0) is 19.6 Å². The van der Waals surface area contributed by atoms with Crippen LogP contribution >= 0.6 is 0 Å². The van der Waals surface area contributed by atoms with Crippen LogP contribution in [0.2, 0.25) is 0 Å². The number of ether oxygens (including phenoxy) is 1. The number of carbonyl (C=O) groups is 2. The van der Waals surface area contributed by atoms with Crippen LogP contribution in [0.15, 0.2) is 29.2 Å². The molecule has 0 saturated heterocycles. The molecule has 2 atom stereocenters. The van der Waals surface area contributed by atoms with E-state index in [2.05, 4.69) is 10.0 Å². The second kappa shape index (κ2) is 8.11. The summed E-state index contributed by atoms with van der Waals surface area (Å²) in [6.45, 7) is 4.62. The highest BCUT2D eigenvalue weighted by molar-refractivity contribution is 7.89. The van der Waals surface area contributed by atoms with Gasteiger partial charge in [0.1, 0.15) is 17.8 Å². The van der Waals surface area contributed by atoms with Gasteiger partial charge in [0.2, 0.25) is 15.9 Å². The minimum Gasteiger partial charge on any atom is -0.497 e. The summed E-state index contributed by atoms with van der Waals surface area (Å²) < 4.78 is 32.1. The van der Waals surface area contributed by atoms with E-state index >= 15 is 0 Å². The van der Waals surface area contributed by atoms with E-state index < -0.39 is 34.0 Å². The third-order valence-electron chi connectivity index (χ3n) is 3.33. The van der Waals surface area contributed by atoms with Gasteiger partial charge in [-0.2, -0.15) is 4.72 Å². The van der Waals surface area contributed by atoms with Crippen LogP contribution in [0.4, 0.5) is 0 Å². The zero-order valence-electron chi connectivity index (χ0n) is 13.9. The lowest BCUT2D eigenvalue weighted by molar-refractivity contribution is -0.141. The van der Waals surface area contributed by atoms with Gasteiger partial charge in [0.25, 0.3) is 0 Å². The molecule has 0 spiro atoms. The summed E-state index contributed by atoms with van der Waals surface area (Å²) in [6.07, 6.45) is 0. The van der Waals surface area contributed by atoms with E-state index in [1.165, 1.54) is 38.3 Å². The molecule has 0 aromatic heterocycles. The van der Waals surface area contributed by atoms with Gasteiger partial charge in [0.05, 0.1) is 12.0 Å². The fourth-order valence-electron chi connectivity index (χ4n) is 1.85. The summed E-state index contributed by atoms with van der Waals surface area (Å²) in [5, 5.41) is 11.1. The van der Waals surface area contributed by atoms with E-state index in [9.17, 15) is 18.0 Å². The van der Waals surface area contributed by atoms with Gasteiger partial charge >= 0.3 is 5.97 Å². The highest BCUT2D eigenvalue weighted by atomic mass is 32.2. The molecule has 0 bridgehead atoms. The number of sulfonamides is 1. The molecule has 8 nitrogen and oxygen atoms in total. The predicted octanol–water partition coefficient (Wildman–Crippen LogP) is 0.587. The first-order chi connectivity index (χ1) is 11.1. The summed E-state index contributed by atoms with van der Waals surface area (Å²) in [7, 11) is -2.48. The van der Waals surface area contributed by atoms with Crippen molar-refractivity contribution in [2.75, 3.05) is 7.11 Å². The maximum atomic E-state index is 12.4. The molecule has 1 unspecified atom stereocenters. The molecule has 0 aliphatic heterocycles. The van der Waals surface area contributed by atoms with Crippen molar-refractivity contribution in [3.8, 4) is 5.75 Å².